The summed E-state index contributed by atoms with van der Waals surface area (Å²) in [5, 5.41) is 12.4. The zero-order chi connectivity index (χ0) is 22.0. The molecular weight excluding hydrogens is 421 g/mol. The van der Waals surface area contributed by atoms with Crippen molar-refractivity contribution >= 4 is 23.0 Å². The number of hydrogen-bond acceptors (Lipinski definition) is 6. The minimum atomic E-state index is -0.298. The number of aryl methyl sites for hydroxylation is 2. The van der Waals surface area contributed by atoms with E-state index in [4.69, 9.17) is 21.7 Å². The Balaban J connectivity index is 1.63. The molecule has 160 valence electrons. The van der Waals surface area contributed by atoms with Crippen molar-refractivity contribution in [2.45, 2.75) is 19.5 Å². The van der Waals surface area contributed by atoms with E-state index in [1.54, 1.807) is 30.5 Å². The van der Waals surface area contributed by atoms with Gasteiger partial charge in [-0.05, 0) is 42.0 Å². The Kier molecular flexibility index (Phi) is 5.81. The van der Waals surface area contributed by atoms with Crippen LogP contribution in [0.25, 0.3) is 10.8 Å². The molecule has 0 amide bonds. The Morgan fingerprint density at radius 1 is 1.13 bits per heavy atom. The molecule has 2 aromatic carbocycles. The summed E-state index contributed by atoms with van der Waals surface area (Å²) < 4.78 is 27.5. The van der Waals surface area contributed by atoms with Crippen LogP contribution in [-0.4, -0.2) is 38.8 Å². The molecule has 8 nitrogen and oxygen atoms in total. The lowest BCUT2D eigenvalue weighted by Crippen LogP contribution is -2.25. The van der Waals surface area contributed by atoms with Gasteiger partial charge in [-0.3, -0.25) is 14.5 Å². The van der Waals surface area contributed by atoms with Gasteiger partial charge in [0.15, 0.2) is 16.3 Å². The van der Waals surface area contributed by atoms with E-state index in [1.807, 2.05) is 4.57 Å². The fourth-order valence-electron chi connectivity index (χ4n) is 3.43. The summed E-state index contributed by atoms with van der Waals surface area (Å²) >= 11 is 5.33. The fraction of sp³-hybridized carbons (Fsp3) is 0.238. The number of nitrogens with zero attached hydrogens (tertiary/aromatic N) is 4. The normalized spacial score (nSPS) is 11.1. The van der Waals surface area contributed by atoms with Crippen molar-refractivity contribution in [3.05, 3.63) is 74.9 Å². The first-order valence-corrected chi connectivity index (χ1v) is 9.92. The first-order valence-electron chi connectivity index (χ1n) is 9.51. The van der Waals surface area contributed by atoms with Crippen molar-refractivity contribution < 1.29 is 13.9 Å². The molecule has 31 heavy (non-hydrogen) atoms. The lowest BCUT2D eigenvalue weighted by molar-refractivity contribution is 0.358. The van der Waals surface area contributed by atoms with Crippen LogP contribution in [0.4, 0.5) is 4.39 Å². The number of rotatable bonds is 7. The molecule has 0 atom stereocenters. The molecule has 0 fully saturated rings. The number of halogens is 1. The molecule has 4 rings (SSSR count). The van der Waals surface area contributed by atoms with Gasteiger partial charge in [-0.25, -0.2) is 9.07 Å². The average Bonchev–Trinajstić information content (AvgIpc) is 3.13. The molecule has 4 aromatic rings. The second-order valence-electron chi connectivity index (χ2n) is 6.85. The molecule has 0 aliphatic heterocycles. The Bertz CT molecular complexity index is 1340. The number of benzene rings is 2. The van der Waals surface area contributed by atoms with E-state index in [0.29, 0.717) is 45.8 Å². The maximum absolute atomic E-state index is 13.2. The molecule has 1 N–H and O–H groups in total. The molecule has 0 spiro atoms. The van der Waals surface area contributed by atoms with E-state index in [1.165, 1.54) is 31.0 Å². The van der Waals surface area contributed by atoms with Crippen molar-refractivity contribution in [1.29, 1.82) is 0 Å². The molecule has 0 unspecified atom stereocenters. The minimum Gasteiger partial charge on any atom is -0.493 e. The summed E-state index contributed by atoms with van der Waals surface area (Å²) in [5.74, 6) is 1.22. The largest absolute Gasteiger partial charge is 0.493 e. The first-order chi connectivity index (χ1) is 15.0. The monoisotopic (exact) mass is 441 g/mol. The summed E-state index contributed by atoms with van der Waals surface area (Å²) in [7, 11) is 3.02. The molecule has 0 aliphatic carbocycles. The molecule has 0 aliphatic rings. The molecule has 10 heteroatoms. The summed E-state index contributed by atoms with van der Waals surface area (Å²) in [6.07, 6.45) is 2.04. The molecule has 2 aromatic heterocycles. The van der Waals surface area contributed by atoms with E-state index in [0.717, 1.165) is 5.56 Å². The Morgan fingerprint density at radius 2 is 1.90 bits per heavy atom. The standard InChI is InChI=1S/C21H20FN5O3S/c1-29-16-8-5-14-11-23-27(20(28)18(14)19(16)30-2)10-9-17-24-25-21(31)26(17)12-13-3-6-15(22)7-4-13/h3-8,11H,9-10,12H2,1-2H3,(H,25,31). The van der Waals surface area contributed by atoms with Crippen LogP contribution in [0.1, 0.15) is 11.4 Å². The molecule has 0 saturated carbocycles. The summed E-state index contributed by atoms with van der Waals surface area (Å²) in [4.78, 5) is 13.1. The van der Waals surface area contributed by atoms with E-state index in [-0.39, 0.29) is 17.9 Å². The quantitative estimate of drug-likeness (QED) is 0.444. The van der Waals surface area contributed by atoms with Gasteiger partial charge in [0.2, 0.25) is 0 Å². The van der Waals surface area contributed by atoms with Gasteiger partial charge >= 0.3 is 0 Å². The summed E-state index contributed by atoms with van der Waals surface area (Å²) in [6.45, 7) is 0.730. The third-order valence-corrected chi connectivity index (χ3v) is 5.31. The van der Waals surface area contributed by atoms with Crippen LogP contribution in [0.2, 0.25) is 0 Å². The topological polar surface area (TPSA) is 87.0 Å². The predicted molar refractivity (Wildman–Crippen MR) is 116 cm³/mol. The summed E-state index contributed by atoms with van der Waals surface area (Å²) in [5.41, 5.74) is 0.602. The number of aromatic nitrogens is 5. The first kappa shape index (κ1) is 20.7. The van der Waals surface area contributed by atoms with Gasteiger partial charge in [0.1, 0.15) is 11.6 Å². The third-order valence-electron chi connectivity index (χ3n) is 5.00. The minimum absolute atomic E-state index is 0.285. The predicted octanol–water partition coefficient (Wildman–Crippen LogP) is 3.10. The highest BCUT2D eigenvalue weighted by atomic mass is 32.1. The molecular formula is C21H20FN5O3S. The van der Waals surface area contributed by atoms with Gasteiger partial charge in [-0.2, -0.15) is 10.2 Å². The number of ether oxygens (including phenoxy) is 2. The van der Waals surface area contributed by atoms with Gasteiger partial charge < -0.3 is 9.47 Å². The lowest BCUT2D eigenvalue weighted by atomic mass is 10.1. The lowest BCUT2D eigenvalue weighted by Gasteiger charge is -2.12. The van der Waals surface area contributed by atoms with Crippen LogP contribution < -0.4 is 15.0 Å². The zero-order valence-electron chi connectivity index (χ0n) is 17.0. The van der Waals surface area contributed by atoms with Crippen LogP contribution in [0, 0.1) is 10.6 Å². The van der Waals surface area contributed by atoms with Crippen LogP contribution in [0.15, 0.2) is 47.4 Å². The fourth-order valence-corrected chi connectivity index (χ4v) is 3.64. The van der Waals surface area contributed by atoms with Crippen molar-refractivity contribution in [3.63, 3.8) is 0 Å². The van der Waals surface area contributed by atoms with Gasteiger partial charge in [-0.15, -0.1) is 0 Å². The molecule has 2 heterocycles. The van der Waals surface area contributed by atoms with Crippen molar-refractivity contribution in [2.24, 2.45) is 0 Å². The van der Waals surface area contributed by atoms with E-state index in [2.05, 4.69) is 15.3 Å². The van der Waals surface area contributed by atoms with Crippen LogP contribution in [-0.2, 0) is 19.5 Å². The number of methoxy groups -OCH3 is 2. The number of nitrogens with one attached hydrogen (secondary N) is 1. The van der Waals surface area contributed by atoms with Crippen molar-refractivity contribution in [1.82, 2.24) is 24.5 Å². The Morgan fingerprint density at radius 3 is 2.61 bits per heavy atom. The number of fused-ring (bicyclic) bond motifs is 1. The highest BCUT2D eigenvalue weighted by Gasteiger charge is 2.15. The summed E-state index contributed by atoms with van der Waals surface area (Å²) in [6, 6.07) is 9.70. The van der Waals surface area contributed by atoms with E-state index >= 15 is 0 Å². The maximum Gasteiger partial charge on any atom is 0.278 e. The highest BCUT2D eigenvalue weighted by molar-refractivity contribution is 7.71. The SMILES string of the molecule is COc1ccc2cnn(CCc3n[nH]c(=S)n3Cc3ccc(F)cc3)c(=O)c2c1OC. The van der Waals surface area contributed by atoms with Gasteiger partial charge in [-0.1, -0.05) is 12.1 Å². The van der Waals surface area contributed by atoms with Crippen molar-refractivity contribution in [3.8, 4) is 11.5 Å². The van der Waals surface area contributed by atoms with Gasteiger partial charge in [0.05, 0.1) is 38.9 Å². The second kappa shape index (κ2) is 8.68. The molecule has 0 bridgehead atoms. The second-order valence-corrected chi connectivity index (χ2v) is 7.23. The highest BCUT2D eigenvalue weighted by Crippen LogP contribution is 2.32. The van der Waals surface area contributed by atoms with Crippen molar-refractivity contribution in [2.75, 3.05) is 14.2 Å². The van der Waals surface area contributed by atoms with Crippen LogP contribution >= 0.6 is 12.2 Å². The average molecular weight is 441 g/mol. The van der Waals surface area contributed by atoms with Gasteiger partial charge in [0, 0.05) is 11.8 Å². The third kappa shape index (κ3) is 4.06. The van der Waals surface area contributed by atoms with Gasteiger partial charge in [0.25, 0.3) is 5.56 Å². The number of hydrogen-bond donors (Lipinski definition) is 1. The van der Waals surface area contributed by atoms with Crippen LogP contribution in [0.3, 0.4) is 0 Å². The van der Waals surface area contributed by atoms with E-state index in [9.17, 15) is 9.18 Å². The Labute approximate surface area is 181 Å². The maximum atomic E-state index is 13.2. The van der Waals surface area contributed by atoms with E-state index < -0.39 is 0 Å². The van der Waals surface area contributed by atoms with Crippen LogP contribution in [0.5, 0.6) is 11.5 Å². The zero-order valence-corrected chi connectivity index (χ0v) is 17.8. The molecule has 0 saturated heterocycles. The smallest absolute Gasteiger partial charge is 0.278 e. The molecule has 0 radical (unpaired) electrons. The number of H-pyrrole nitrogens is 1. The number of aromatic amines is 1. The Hall–Kier alpha value is -3.53.